The van der Waals surface area contributed by atoms with Crippen molar-refractivity contribution in [2.75, 3.05) is 40.6 Å². The van der Waals surface area contributed by atoms with Gasteiger partial charge in [0.25, 0.3) is 0 Å². The highest BCUT2D eigenvalue weighted by atomic mass is 16.6. The lowest BCUT2D eigenvalue weighted by Gasteiger charge is -2.17. The summed E-state index contributed by atoms with van der Waals surface area (Å²) in [6, 6.07) is 17.0. The average Bonchev–Trinajstić information content (AvgIpc) is 2.97. The number of hydrogen-bond acceptors (Lipinski definition) is 7. The molecule has 42 heavy (non-hydrogen) atoms. The van der Waals surface area contributed by atoms with E-state index in [1.54, 1.807) is 32.7 Å². The summed E-state index contributed by atoms with van der Waals surface area (Å²) in [7, 11) is 3.27. The van der Waals surface area contributed by atoms with E-state index in [0.717, 1.165) is 52.3 Å². The van der Waals surface area contributed by atoms with Crippen molar-refractivity contribution in [3.05, 3.63) is 67.0 Å². The van der Waals surface area contributed by atoms with Gasteiger partial charge in [0.05, 0.1) is 20.4 Å². The molecule has 0 saturated carbocycles. The van der Waals surface area contributed by atoms with Gasteiger partial charge >= 0.3 is 0 Å². The molecule has 0 amide bonds. The predicted molar refractivity (Wildman–Crippen MR) is 174 cm³/mol. The third-order valence-corrected chi connectivity index (χ3v) is 4.07. The average molecular weight is 586 g/mol. The molecule has 0 radical (unpaired) electrons. The minimum atomic E-state index is 0.624. The zero-order valence-corrected chi connectivity index (χ0v) is 27.8. The maximum atomic E-state index is 5.30. The van der Waals surface area contributed by atoms with Crippen molar-refractivity contribution >= 4 is 0 Å². The summed E-state index contributed by atoms with van der Waals surface area (Å²) in [5, 5.41) is 0. The zero-order chi connectivity index (χ0) is 31.8. The molecule has 2 aliphatic rings. The number of benzene rings is 2. The molecule has 0 atom stereocenters. The van der Waals surface area contributed by atoms with E-state index in [9.17, 15) is 0 Å². The first-order valence-electron chi connectivity index (χ1n) is 14.7. The van der Waals surface area contributed by atoms with Gasteiger partial charge in [0.2, 0.25) is 0 Å². The number of fused-ring (bicyclic) bond motifs is 2. The van der Waals surface area contributed by atoms with Gasteiger partial charge in [0, 0.05) is 18.3 Å². The Morgan fingerprint density at radius 1 is 0.524 bits per heavy atom. The molecule has 0 fully saturated rings. The van der Waals surface area contributed by atoms with Gasteiger partial charge in [0.15, 0.2) is 23.0 Å². The molecule has 2 aromatic carbocycles. The Kier molecular flexibility index (Phi) is 22.0. The number of ether oxygens (including phenoxy) is 6. The molecule has 0 saturated heterocycles. The second-order valence-electron chi connectivity index (χ2n) is 11.2. The lowest BCUT2D eigenvalue weighted by molar-refractivity contribution is 0.170. The molecular formula is C35H55NO6. The Morgan fingerprint density at radius 2 is 0.881 bits per heavy atom. The van der Waals surface area contributed by atoms with Gasteiger partial charge in [-0.05, 0) is 42.0 Å². The normalized spacial score (nSPS) is 11.8. The van der Waals surface area contributed by atoms with Crippen LogP contribution in [0.15, 0.2) is 67.0 Å². The number of nitrogens with zero attached hydrogens (tertiary/aromatic N) is 1. The number of hydrogen-bond donors (Lipinski definition) is 0. The molecule has 0 N–H and O–H groups in total. The van der Waals surface area contributed by atoms with Crippen LogP contribution in [0.3, 0.4) is 0 Å². The van der Waals surface area contributed by atoms with Crippen LogP contribution in [-0.4, -0.2) is 45.6 Å². The fourth-order valence-corrected chi connectivity index (χ4v) is 2.62. The van der Waals surface area contributed by atoms with Crippen molar-refractivity contribution in [2.24, 2.45) is 17.8 Å². The molecule has 1 aromatic heterocycles. The molecule has 3 heterocycles. The van der Waals surface area contributed by atoms with Crippen LogP contribution in [0.25, 0.3) is 0 Å². The molecule has 0 bridgehead atoms. The van der Waals surface area contributed by atoms with Crippen LogP contribution in [-0.2, 0) is 0 Å². The van der Waals surface area contributed by atoms with E-state index < -0.39 is 0 Å². The highest BCUT2D eigenvalue weighted by Gasteiger charge is 2.09. The topological polar surface area (TPSA) is 68.3 Å². The molecule has 236 valence electrons. The molecule has 0 unspecified atom stereocenters. The van der Waals surface area contributed by atoms with Crippen LogP contribution in [0, 0.1) is 17.8 Å². The van der Waals surface area contributed by atoms with Crippen LogP contribution in [0.2, 0.25) is 0 Å². The molecule has 2 aliphatic heterocycles. The van der Waals surface area contributed by atoms with Crippen LogP contribution in [0.1, 0.15) is 62.3 Å². The van der Waals surface area contributed by atoms with E-state index in [2.05, 4.69) is 67.3 Å². The van der Waals surface area contributed by atoms with Gasteiger partial charge in [-0.25, -0.2) is 0 Å². The van der Waals surface area contributed by atoms with Crippen molar-refractivity contribution in [1.29, 1.82) is 0 Å². The second-order valence-corrected chi connectivity index (χ2v) is 11.2. The largest absolute Gasteiger partial charge is 0.497 e. The molecule has 0 aliphatic carbocycles. The predicted octanol–water partition coefficient (Wildman–Crippen LogP) is 9.00. The summed E-state index contributed by atoms with van der Waals surface area (Å²) in [6.45, 7) is 22.1. The van der Waals surface area contributed by atoms with Crippen molar-refractivity contribution in [3.63, 3.8) is 0 Å². The van der Waals surface area contributed by atoms with Crippen LogP contribution >= 0.6 is 0 Å². The summed E-state index contributed by atoms with van der Waals surface area (Å²) in [5.74, 6) is 7.39. The van der Waals surface area contributed by atoms with Gasteiger partial charge in [-0.3, -0.25) is 4.98 Å². The summed E-state index contributed by atoms with van der Waals surface area (Å²) in [5.41, 5.74) is 0. The summed E-state index contributed by atoms with van der Waals surface area (Å²) in [6.07, 6.45) is 3.35. The Morgan fingerprint density at radius 3 is 1.24 bits per heavy atom. The first-order valence-corrected chi connectivity index (χ1v) is 14.7. The first kappa shape index (κ1) is 38.4. The standard InChI is InChI=1S/C8H8O2.C8H10O2.C7H7NO2.3C4H10/c1-2-4-8-7(3-1)9-5-6-10-8;1-9-7-4-3-5-8(6-7)10-2;1-2-8-5-7-6(1)9-3-4-10-7;3*1-4(2)3/h1-4H,5-6H2;3-6H,1-2H3;1-2,5H,3-4H2;3*4H,1-3H3. The second kappa shape index (κ2) is 24.0. The fraction of sp³-hybridized carbons (Fsp3) is 0.514. The highest BCUT2D eigenvalue weighted by Crippen LogP contribution is 2.28. The van der Waals surface area contributed by atoms with Crippen LogP contribution in [0.4, 0.5) is 0 Å². The van der Waals surface area contributed by atoms with Gasteiger partial charge in [-0.2, -0.15) is 0 Å². The van der Waals surface area contributed by atoms with Crippen LogP contribution < -0.4 is 28.4 Å². The number of rotatable bonds is 2. The summed E-state index contributed by atoms with van der Waals surface area (Å²) >= 11 is 0. The van der Waals surface area contributed by atoms with E-state index in [1.165, 1.54) is 0 Å². The minimum Gasteiger partial charge on any atom is -0.497 e. The minimum absolute atomic E-state index is 0.624. The Hall–Kier alpha value is -3.61. The Labute approximate surface area is 255 Å². The number of pyridine rings is 1. The lowest BCUT2D eigenvalue weighted by Crippen LogP contribution is -2.15. The van der Waals surface area contributed by atoms with Gasteiger partial charge in [-0.15, -0.1) is 0 Å². The van der Waals surface area contributed by atoms with Crippen molar-refractivity contribution in [2.45, 2.75) is 62.3 Å². The maximum Gasteiger partial charge on any atom is 0.179 e. The third kappa shape index (κ3) is 21.2. The molecule has 7 heteroatoms. The number of aromatic nitrogens is 1. The van der Waals surface area contributed by atoms with Gasteiger partial charge in [-0.1, -0.05) is 80.5 Å². The van der Waals surface area contributed by atoms with E-state index in [1.807, 2.05) is 48.5 Å². The summed E-state index contributed by atoms with van der Waals surface area (Å²) in [4.78, 5) is 3.89. The molecule has 3 aromatic rings. The fourth-order valence-electron chi connectivity index (χ4n) is 2.62. The quantitative estimate of drug-likeness (QED) is 0.297. The monoisotopic (exact) mass is 585 g/mol. The van der Waals surface area contributed by atoms with E-state index in [0.29, 0.717) is 26.4 Å². The van der Waals surface area contributed by atoms with Crippen molar-refractivity contribution in [1.82, 2.24) is 4.98 Å². The zero-order valence-electron chi connectivity index (χ0n) is 27.8. The van der Waals surface area contributed by atoms with Gasteiger partial charge < -0.3 is 28.4 Å². The number of para-hydroxylation sites is 2. The SMILES string of the molecule is CC(C)C.CC(C)C.CC(C)C.COc1cccc(OC)c1.c1cc2c(cn1)OCCO2.c1ccc2c(c1)OCCO2. The molecular weight excluding hydrogens is 530 g/mol. The highest BCUT2D eigenvalue weighted by molar-refractivity contribution is 5.40. The Bertz CT molecular complexity index is 912. The van der Waals surface area contributed by atoms with E-state index in [-0.39, 0.29) is 0 Å². The maximum absolute atomic E-state index is 5.30. The van der Waals surface area contributed by atoms with Crippen molar-refractivity contribution in [3.8, 4) is 34.5 Å². The first-order chi connectivity index (χ1) is 20.0. The smallest absolute Gasteiger partial charge is 0.179 e. The van der Waals surface area contributed by atoms with E-state index in [4.69, 9.17) is 28.4 Å². The van der Waals surface area contributed by atoms with Crippen LogP contribution in [0.5, 0.6) is 34.5 Å². The van der Waals surface area contributed by atoms with Crippen molar-refractivity contribution < 1.29 is 28.4 Å². The molecule has 0 spiro atoms. The molecule has 5 rings (SSSR count). The number of methoxy groups -OCH3 is 2. The third-order valence-electron chi connectivity index (χ3n) is 4.07. The van der Waals surface area contributed by atoms with Gasteiger partial charge in [0.1, 0.15) is 37.9 Å². The lowest BCUT2D eigenvalue weighted by atomic mass is 10.3. The summed E-state index contributed by atoms with van der Waals surface area (Å²) < 4.78 is 31.0. The Balaban J connectivity index is 0.000000507. The molecule has 7 nitrogen and oxygen atoms in total. The van der Waals surface area contributed by atoms with E-state index >= 15 is 0 Å².